The van der Waals surface area contributed by atoms with Gasteiger partial charge in [-0.1, -0.05) is 6.07 Å². The molecule has 4 nitrogen and oxygen atoms in total. The van der Waals surface area contributed by atoms with E-state index < -0.39 is 23.5 Å². The number of nitrogens with zero attached hydrogens (tertiary/aromatic N) is 4. The molecule has 0 saturated carbocycles. The molecule has 3 aromatic rings. The zero-order valence-corrected chi connectivity index (χ0v) is 14.0. The smallest absolute Gasteiger partial charge is 0.355 e. The van der Waals surface area contributed by atoms with Crippen molar-refractivity contribution in [2.24, 2.45) is 0 Å². The van der Waals surface area contributed by atoms with E-state index in [1.807, 2.05) is 0 Å². The predicted octanol–water partition coefficient (Wildman–Crippen LogP) is 4.47. The number of benzene rings is 1. The number of aromatic nitrogens is 3. The lowest BCUT2D eigenvalue weighted by atomic mass is 10.2. The van der Waals surface area contributed by atoms with Gasteiger partial charge >= 0.3 is 6.18 Å². The molecule has 0 spiro atoms. The van der Waals surface area contributed by atoms with E-state index in [1.165, 1.54) is 42.5 Å². The number of anilines is 1. The van der Waals surface area contributed by atoms with E-state index in [4.69, 9.17) is 0 Å². The molecule has 0 aliphatic carbocycles. The molecule has 2 heterocycles. The van der Waals surface area contributed by atoms with Crippen LogP contribution in [0, 0.1) is 11.6 Å². The highest BCUT2D eigenvalue weighted by molar-refractivity contribution is 5.57. The van der Waals surface area contributed by atoms with Gasteiger partial charge in [0.25, 0.3) is 0 Å². The van der Waals surface area contributed by atoms with Crippen LogP contribution >= 0.6 is 0 Å². The Morgan fingerprint density at radius 2 is 1.63 bits per heavy atom. The van der Waals surface area contributed by atoms with Crippen molar-refractivity contribution >= 4 is 5.82 Å². The van der Waals surface area contributed by atoms with Gasteiger partial charge in [-0.25, -0.2) is 18.7 Å². The van der Waals surface area contributed by atoms with Crippen LogP contribution in [0.15, 0.2) is 48.8 Å². The number of hydrogen-bond acceptors (Lipinski definition) is 4. The Bertz CT molecular complexity index is 944. The minimum atomic E-state index is -4.66. The first-order chi connectivity index (χ1) is 12.7. The van der Waals surface area contributed by atoms with Crippen LogP contribution in [0.2, 0.25) is 0 Å². The van der Waals surface area contributed by atoms with Gasteiger partial charge in [-0.3, -0.25) is 4.98 Å². The van der Waals surface area contributed by atoms with Crippen molar-refractivity contribution in [1.82, 2.24) is 15.0 Å². The van der Waals surface area contributed by atoms with E-state index >= 15 is 0 Å². The summed E-state index contributed by atoms with van der Waals surface area (Å²) >= 11 is 0. The number of hydrogen-bond donors (Lipinski definition) is 0. The molecule has 0 atom stereocenters. The lowest BCUT2D eigenvalue weighted by Crippen LogP contribution is -2.20. The molecule has 2 aromatic heterocycles. The maximum Gasteiger partial charge on any atom is 0.433 e. The third kappa shape index (κ3) is 4.36. The molecule has 0 radical (unpaired) electrons. The van der Waals surface area contributed by atoms with Crippen LogP contribution in [0.5, 0.6) is 0 Å². The molecule has 27 heavy (non-hydrogen) atoms. The van der Waals surface area contributed by atoms with Crippen LogP contribution in [0.4, 0.5) is 27.8 Å². The normalized spacial score (nSPS) is 11.5. The standard InChI is InChI=1S/C18H13F5N4/c1-27(10-11-2-3-13(19)14(20)8-11)16-9-15(18(21,22)23)25-17(26-16)12-4-6-24-7-5-12/h2-9H,10H2,1H3. The van der Waals surface area contributed by atoms with Gasteiger partial charge in [-0.2, -0.15) is 13.2 Å². The van der Waals surface area contributed by atoms with Gasteiger partial charge < -0.3 is 4.90 Å². The zero-order chi connectivity index (χ0) is 19.6. The number of halogens is 5. The zero-order valence-electron chi connectivity index (χ0n) is 14.0. The molecular formula is C18H13F5N4. The Labute approximate surface area is 151 Å². The van der Waals surface area contributed by atoms with Crippen molar-refractivity contribution in [2.45, 2.75) is 12.7 Å². The van der Waals surface area contributed by atoms with Gasteiger partial charge in [-0.15, -0.1) is 0 Å². The molecule has 1 aromatic carbocycles. The van der Waals surface area contributed by atoms with E-state index in [1.54, 1.807) is 0 Å². The van der Waals surface area contributed by atoms with Crippen LogP contribution in [0.1, 0.15) is 11.3 Å². The first kappa shape index (κ1) is 18.7. The molecule has 0 aliphatic heterocycles. The van der Waals surface area contributed by atoms with E-state index in [-0.39, 0.29) is 18.2 Å². The molecule has 3 rings (SSSR count). The largest absolute Gasteiger partial charge is 0.433 e. The summed E-state index contributed by atoms with van der Waals surface area (Å²) in [5.74, 6) is -2.15. The molecule has 0 aliphatic rings. The average Bonchev–Trinajstić information content (AvgIpc) is 2.64. The lowest BCUT2D eigenvalue weighted by Gasteiger charge is -2.20. The SMILES string of the molecule is CN(Cc1ccc(F)c(F)c1)c1cc(C(F)(F)F)nc(-c2ccncc2)n1. The molecule has 9 heteroatoms. The lowest BCUT2D eigenvalue weighted by molar-refractivity contribution is -0.141. The average molecular weight is 380 g/mol. The summed E-state index contributed by atoms with van der Waals surface area (Å²) < 4.78 is 66.1. The first-order valence-electron chi connectivity index (χ1n) is 7.76. The van der Waals surface area contributed by atoms with Crippen LogP contribution in [0.25, 0.3) is 11.4 Å². The summed E-state index contributed by atoms with van der Waals surface area (Å²) in [6.45, 7) is 0.0291. The molecule has 0 N–H and O–H groups in total. The third-order valence-electron chi connectivity index (χ3n) is 3.74. The topological polar surface area (TPSA) is 41.9 Å². The van der Waals surface area contributed by atoms with Gasteiger partial charge in [0.05, 0.1) is 0 Å². The van der Waals surface area contributed by atoms with E-state index in [9.17, 15) is 22.0 Å². The molecular weight excluding hydrogens is 367 g/mol. The number of alkyl halides is 3. The predicted molar refractivity (Wildman–Crippen MR) is 88.7 cm³/mol. The van der Waals surface area contributed by atoms with E-state index in [0.29, 0.717) is 11.1 Å². The Balaban J connectivity index is 1.99. The molecule has 0 fully saturated rings. The maximum absolute atomic E-state index is 13.4. The fraction of sp³-hybridized carbons (Fsp3) is 0.167. The Morgan fingerprint density at radius 1 is 0.926 bits per heavy atom. The van der Waals surface area contributed by atoms with Crippen LogP contribution < -0.4 is 4.90 Å². The molecule has 0 amide bonds. The van der Waals surface area contributed by atoms with Gasteiger partial charge in [0.2, 0.25) is 0 Å². The first-order valence-corrected chi connectivity index (χ1v) is 7.76. The van der Waals surface area contributed by atoms with Gasteiger partial charge in [0.1, 0.15) is 5.82 Å². The Morgan fingerprint density at radius 3 is 2.26 bits per heavy atom. The summed E-state index contributed by atoms with van der Waals surface area (Å²) in [4.78, 5) is 13.0. The van der Waals surface area contributed by atoms with Crippen molar-refractivity contribution in [3.63, 3.8) is 0 Å². The van der Waals surface area contributed by atoms with Crippen molar-refractivity contribution in [3.05, 3.63) is 71.7 Å². The second kappa shape index (κ2) is 7.26. The molecule has 140 valence electrons. The second-order valence-corrected chi connectivity index (χ2v) is 5.77. The summed E-state index contributed by atoms with van der Waals surface area (Å²) in [7, 11) is 1.50. The fourth-order valence-corrected chi connectivity index (χ4v) is 2.40. The summed E-state index contributed by atoms with van der Waals surface area (Å²) in [6, 6.07) is 7.10. The van der Waals surface area contributed by atoms with Crippen LogP contribution in [-0.4, -0.2) is 22.0 Å². The number of pyridine rings is 1. The summed E-state index contributed by atoms with van der Waals surface area (Å²) in [5.41, 5.74) is -0.343. The summed E-state index contributed by atoms with van der Waals surface area (Å²) in [6.07, 6.45) is -1.82. The Hall–Kier alpha value is -3.10. The second-order valence-electron chi connectivity index (χ2n) is 5.77. The Kier molecular flexibility index (Phi) is 5.02. The van der Waals surface area contributed by atoms with Gasteiger partial charge in [0.15, 0.2) is 23.2 Å². The minimum Gasteiger partial charge on any atom is -0.355 e. The van der Waals surface area contributed by atoms with Crippen LogP contribution in [-0.2, 0) is 12.7 Å². The third-order valence-corrected chi connectivity index (χ3v) is 3.74. The van der Waals surface area contributed by atoms with Gasteiger partial charge in [-0.05, 0) is 29.8 Å². The monoisotopic (exact) mass is 380 g/mol. The fourth-order valence-electron chi connectivity index (χ4n) is 2.40. The van der Waals surface area contributed by atoms with Crippen molar-refractivity contribution in [1.29, 1.82) is 0 Å². The minimum absolute atomic E-state index is 0.00568. The quantitative estimate of drug-likeness (QED) is 0.627. The van der Waals surface area contributed by atoms with Gasteiger partial charge in [0, 0.05) is 37.6 Å². The maximum atomic E-state index is 13.4. The highest BCUT2D eigenvalue weighted by Gasteiger charge is 2.34. The van der Waals surface area contributed by atoms with Crippen molar-refractivity contribution < 1.29 is 22.0 Å². The highest BCUT2D eigenvalue weighted by atomic mass is 19.4. The van der Waals surface area contributed by atoms with Crippen molar-refractivity contribution in [2.75, 3.05) is 11.9 Å². The number of rotatable bonds is 4. The molecule has 0 saturated heterocycles. The van der Waals surface area contributed by atoms with E-state index in [2.05, 4.69) is 15.0 Å². The van der Waals surface area contributed by atoms with Crippen molar-refractivity contribution in [3.8, 4) is 11.4 Å². The molecule has 0 unspecified atom stereocenters. The van der Waals surface area contributed by atoms with E-state index in [0.717, 1.165) is 18.2 Å². The summed E-state index contributed by atoms with van der Waals surface area (Å²) in [5, 5.41) is 0. The molecule has 0 bridgehead atoms. The van der Waals surface area contributed by atoms with Crippen LogP contribution in [0.3, 0.4) is 0 Å². The highest BCUT2D eigenvalue weighted by Crippen LogP contribution is 2.31.